The molecule has 0 aromatic heterocycles. The van der Waals surface area contributed by atoms with Crippen LogP contribution >= 0.6 is 0 Å². The normalized spacial score (nSPS) is 27.2. The van der Waals surface area contributed by atoms with E-state index >= 15 is 0 Å². The van der Waals surface area contributed by atoms with Crippen molar-refractivity contribution >= 4 is 17.7 Å². The van der Waals surface area contributed by atoms with Gasteiger partial charge in [-0.25, -0.2) is 0 Å². The molecule has 164 valence electrons. The third kappa shape index (κ3) is 4.75. The Labute approximate surface area is 177 Å². The zero-order chi connectivity index (χ0) is 22.0. The second kappa shape index (κ2) is 9.29. The Morgan fingerprint density at radius 1 is 1.30 bits per heavy atom. The number of Topliss-reactive ketones (excluding diaryl/α,β-unsaturated/α-hetero) is 1. The van der Waals surface area contributed by atoms with Crippen molar-refractivity contribution in [1.29, 1.82) is 0 Å². The van der Waals surface area contributed by atoms with E-state index in [0.717, 1.165) is 16.7 Å². The lowest BCUT2D eigenvalue weighted by Gasteiger charge is -2.32. The van der Waals surface area contributed by atoms with Gasteiger partial charge in [0.15, 0.2) is 5.78 Å². The maximum absolute atomic E-state index is 12.9. The summed E-state index contributed by atoms with van der Waals surface area (Å²) >= 11 is 0. The minimum atomic E-state index is -0.673. The van der Waals surface area contributed by atoms with Crippen molar-refractivity contribution in [3.8, 4) is 0 Å². The van der Waals surface area contributed by atoms with Crippen LogP contribution in [0.2, 0.25) is 0 Å². The first-order chi connectivity index (χ1) is 14.2. The molecule has 0 saturated carbocycles. The highest BCUT2D eigenvalue weighted by atomic mass is 16.5. The lowest BCUT2D eigenvalue weighted by molar-refractivity contribution is -0.160. The van der Waals surface area contributed by atoms with Crippen LogP contribution in [-0.4, -0.2) is 35.0 Å². The molecule has 0 radical (unpaired) electrons. The molecule has 1 aromatic rings. The Hall–Kier alpha value is -2.21. The first-order valence-electron chi connectivity index (χ1n) is 11.0. The first-order valence-corrected chi connectivity index (χ1v) is 11.0. The summed E-state index contributed by atoms with van der Waals surface area (Å²) in [5.74, 6) is -0.960. The lowest BCUT2D eigenvalue weighted by Crippen LogP contribution is -2.33. The van der Waals surface area contributed by atoms with Gasteiger partial charge in [-0.15, -0.1) is 0 Å². The van der Waals surface area contributed by atoms with Crippen molar-refractivity contribution in [3.05, 3.63) is 34.4 Å². The number of benzene rings is 1. The molecule has 0 bridgehead atoms. The van der Waals surface area contributed by atoms with Gasteiger partial charge in [-0.05, 0) is 43.7 Å². The minimum absolute atomic E-state index is 0.0380. The van der Waals surface area contributed by atoms with Gasteiger partial charge in [0.05, 0.1) is 18.4 Å². The van der Waals surface area contributed by atoms with Gasteiger partial charge in [0.1, 0.15) is 12.2 Å². The number of hydrogen-bond acceptors (Lipinski definition) is 6. The summed E-state index contributed by atoms with van der Waals surface area (Å²) in [6.45, 7) is 7.65. The molecule has 1 N–H and O–H groups in total. The summed E-state index contributed by atoms with van der Waals surface area (Å²) in [5.41, 5.74) is 3.42. The van der Waals surface area contributed by atoms with E-state index in [9.17, 15) is 19.5 Å². The highest BCUT2D eigenvalue weighted by Crippen LogP contribution is 2.40. The molecule has 30 heavy (non-hydrogen) atoms. The number of ketones is 1. The minimum Gasteiger partial charge on any atom is -0.462 e. The van der Waals surface area contributed by atoms with Crippen LogP contribution in [0.4, 0.5) is 0 Å². The van der Waals surface area contributed by atoms with Crippen LogP contribution in [-0.2, 0) is 25.5 Å². The average Bonchev–Trinajstić information content (AvgIpc) is 2.69. The van der Waals surface area contributed by atoms with Crippen LogP contribution in [0.1, 0.15) is 86.0 Å². The van der Waals surface area contributed by atoms with Crippen LogP contribution in [0, 0.1) is 18.8 Å². The van der Waals surface area contributed by atoms with Gasteiger partial charge < -0.3 is 14.6 Å². The number of rotatable bonds is 6. The molecular formula is C24H32O6. The SMILES string of the molecule is CC[C@@H](C)C(=O)O[C@H]1C[C@H](C)C(=O)c2ccc(C)c(CC[C@@H]3C[C@@H](O)CC(=O)O3)c21. The average molecular weight is 417 g/mol. The molecule has 6 nitrogen and oxygen atoms in total. The third-order valence-corrected chi connectivity index (χ3v) is 6.42. The van der Waals surface area contributed by atoms with E-state index in [1.54, 1.807) is 0 Å². The third-order valence-electron chi connectivity index (χ3n) is 6.42. The second-order valence-corrected chi connectivity index (χ2v) is 8.80. The number of hydrogen-bond donors (Lipinski definition) is 1. The zero-order valence-corrected chi connectivity index (χ0v) is 18.3. The molecule has 1 fully saturated rings. The number of ether oxygens (including phenoxy) is 2. The van der Waals surface area contributed by atoms with Crippen molar-refractivity contribution in [3.63, 3.8) is 0 Å². The predicted octanol–water partition coefficient (Wildman–Crippen LogP) is 3.85. The Morgan fingerprint density at radius 2 is 2.03 bits per heavy atom. The smallest absolute Gasteiger partial charge is 0.309 e. The Kier molecular flexibility index (Phi) is 6.96. The Morgan fingerprint density at radius 3 is 2.70 bits per heavy atom. The van der Waals surface area contributed by atoms with E-state index in [2.05, 4.69) is 0 Å². The van der Waals surface area contributed by atoms with Crippen molar-refractivity contribution in [2.45, 2.75) is 84.5 Å². The summed E-state index contributed by atoms with van der Waals surface area (Å²) in [5, 5.41) is 9.87. The van der Waals surface area contributed by atoms with Crippen molar-refractivity contribution in [1.82, 2.24) is 0 Å². The summed E-state index contributed by atoms with van der Waals surface area (Å²) in [6.07, 6.45) is 1.28. The van der Waals surface area contributed by atoms with Gasteiger partial charge in [-0.3, -0.25) is 14.4 Å². The van der Waals surface area contributed by atoms with E-state index in [0.29, 0.717) is 37.7 Å². The van der Waals surface area contributed by atoms with Gasteiger partial charge in [0.25, 0.3) is 0 Å². The van der Waals surface area contributed by atoms with Crippen LogP contribution in [0.15, 0.2) is 12.1 Å². The fourth-order valence-corrected chi connectivity index (χ4v) is 4.37. The number of aryl methyl sites for hydroxylation is 1. The summed E-state index contributed by atoms with van der Waals surface area (Å²) < 4.78 is 11.3. The van der Waals surface area contributed by atoms with E-state index < -0.39 is 12.2 Å². The number of carbonyl (C=O) groups is 3. The Bertz CT molecular complexity index is 829. The molecule has 1 aliphatic carbocycles. The van der Waals surface area contributed by atoms with Gasteiger partial charge in [-0.1, -0.05) is 32.9 Å². The lowest BCUT2D eigenvalue weighted by atomic mass is 9.77. The van der Waals surface area contributed by atoms with Crippen molar-refractivity contribution < 1.29 is 29.0 Å². The summed E-state index contributed by atoms with van der Waals surface area (Å²) in [6, 6.07) is 3.76. The molecule has 1 heterocycles. The molecule has 2 aliphatic rings. The Balaban J connectivity index is 1.89. The van der Waals surface area contributed by atoms with Crippen LogP contribution in [0.25, 0.3) is 0 Å². The van der Waals surface area contributed by atoms with Crippen LogP contribution < -0.4 is 0 Å². The van der Waals surface area contributed by atoms with Crippen molar-refractivity contribution in [2.24, 2.45) is 11.8 Å². The number of fused-ring (bicyclic) bond motifs is 1. The molecule has 1 aliphatic heterocycles. The van der Waals surface area contributed by atoms with E-state index in [1.807, 2.05) is 39.8 Å². The summed E-state index contributed by atoms with van der Waals surface area (Å²) in [4.78, 5) is 37.0. The van der Waals surface area contributed by atoms with Crippen LogP contribution in [0.3, 0.4) is 0 Å². The fraction of sp³-hybridized carbons (Fsp3) is 0.625. The molecule has 0 unspecified atom stereocenters. The standard InChI is InChI=1S/C24H32O6/c1-5-13(2)24(28)30-20-10-15(4)23(27)19-8-6-14(3)18(22(19)20)9-7-17-11-16(25)12-21(26)29-17/h6,8,13,15-17,20,25H,5,7,9-12H2,1-4H3/t13-,15+,16-,17-,20+/m1/s1. The quantitative estimate of drug-likeness (QED) is 0.709. The van der Waals surface area contributed by atoms with Gasteiger partial charge in [0.2, 0.25) is 0 Å². The highest BCUT2D eigenvalue weighted by molar-refractivity contribution is 6.00. The number of carbonyl (C=O) groups excluding carboxylic acids is 3. The number of aliphatic hydroxyl groups is 1. The number of cyclic esters (lactones) is 1. The largest absolute Gasteiger partial charge is 0.462 e. The number of esters is 2. The molecule has 3 rings (SSSR count). The van der Waals surface area contributed by atoms with Gasteiger partial charge >= 0.3 is 11.9 Å². The van der Waals surface area contributed by atoms with Crippen LogP contribution in [0.5, 0.6) is 0 Å². The maximum Gasteiger partial charge on any atom is 0.309 e. The maximum atomic E-state index is 12.9. The molecule has 1 saturated heterocycles. The van der Waals surface area contributed by atoms with Gasteiger partial charge in [-0.2, -0.15) is 0 Å². The topological polar surface area (TPSA) is 89.9 Å². The molecule has 0 spiro atoms. The molecule has 6 heteroatoms. The van der Waals surface area contributed by atoms with Gasteiger partial charge in [0, 0.05) is 23.5 Å². The molecule has 1 aromatic carbocycles. The molecule has 5 atom stereocenters. The predicted molar refractivity (Wildman–Crippen MR) is 111 cm³/mol. The zero-order valence-electron chi connectivity index (χ0n) is 18.3. The first kappa shape index (κ1) is 22.5. The fourth-order valence-electron chi connectivity index (χ4n) is 4.37. The molecule has 0 amide bonds. The van der Waals surface area contributed by atoms with E-state index in [4.69, 9.17) is 9.47 Å². The van der Waals surface area contributed by atoms with Crippen molar-refractivity contribution in [2.75, 3.05) is 0 Å². The second-order valence-electron chi connectivity index (χ2n) is 8.80. The number of aliphatic hydroxyl groups excluding tert-OH is 1. The molecular weight excluding hydrogens is 384 g/mol. The van der Waals surface area contributed by atoms with E-state index in [-0.39, 0.29) is 42.1 Å². The monoisotopic (exact) mass is 416 g/mol. The summed E-state index contributed by atoms with van der Waals surface area (Å²) in [7, 11) is 0. The van der Waals surface area contributed by atoms with E-state index in [1.165, 1.54) is 0 Å². The highest BCUT2D eigenvalue weighted by Gasteiger charge is 2.36.